The van der Waals surface area contributed by atoms with E-state index >= 15 is 0 Å². The van der Waals surface area contributed by atoms with E-state index in [2.05, 4.69) is 4.90 Å². The third kappa shape index (κ3) is 3.07. The molecule has 110 valence electrons. The van der Waals surface area contributed by atoms with E-state index in [9.17, 15) is 4.79 Å². The number of hydrogen-bond donors (Lipinski definition) is 1. The molecular formula is C15H21ClN2O2. The largest absolute Gasteiger partial charge is 0.465 e. The van der Waals surface area contributed by atoms with Crippen molar-refractivity contribution in [3.05, 3.63) is 28.8 Å². The summed E-state index contributed by atoms with van der Waals surface area (Å²) in [5.74, 6) is -0.354. The lowest BCUT2D eigenvalue weighted by Gasteiger charge is -2.38. The molecule has 1 aromatic carbocycles. The van der Waals surface area contributed by atoms with E-state index < -0.39 is 0 Å². The van der Waals surface area contributed by atoms with Gasteiger partial charge < -0.3 is 15.4 Å². The number of methoxy groups -OCH3 is 1. The monoisotopic (exact) mass is 296 g/mol. The fourth-order valence-electron chi connectivity index (χ4n) is 2.88. The molecule has 1 aliphatic rings. The van der Waals surface area contributed by atoms with Gasteiger partial charge in [-0.3, -0.25) is 0 Å². The fraction of sp³-hybridized carbons (Fsp3) is 0.533. The Labute approximate surface area is 124 Å². The van der Waals surface area contributed by atoms with Crippen LogP contribution in [0.15, 0.2) is 18.2 Å². The van der Waals surface area contributed by atoms with E-state index in [1.165, 1.54) is 13.5 Å². The normalized spacial score (nSPS) is 22.4. The number of likely N-dealkylation sites (N-methyl/N-ethyl adjacent to an activating group) is 1. The first kappa shape index (κ1) is 15.1. The Kier molecular flexibility index (Phi) is 4.89. The third-order valence-corrected chi connectivity index (χ3v) is 4.26. The molecule has 0 aliphatic heterocycles. The van der Waals surface area contributed by atoms with Gasteiger partial charge in [0.2, 0.25) is 0 Å². The summed E-state index contributed by atoms with van der Waals surface area (Å²) in [6, 6.07) is 5.55. The van der Waals surface area contributed by atoms with Crippen molar-refractivity contribution in [2.45, 2.75) is 37.8 Å². The standard InChI is InChI=1S/C15H21ClN2O2/c1-18(13-6-4-3-5-12(13)17)14-9-10(16)7-8-11(14)15(19)20-2/h7-9,12-13H,3-6,17H2,1-2H3/t12-,13-/m0/s1. The van der Waals surface area contributed by atoms with Crippen molar-refractivity contribution in [1.29, 1.82) is 0 Å². The number of carbonyl (C=O) groups is 1. The van der Waals surface area contributed by atoms with Gasteiger partial charge in [-0.15, -0.1) is 0 Å². The molecular weight excluding hydrogens is 276 g/mol. The molecule has 5 heteroatoms. The molecule has 1 fully saturated rings. The van der Waals surface area contributed by atoms with Gasteiger partial charge in [-0.1, -0.05) is 24.4 Å². The van der Waals surface area contributed by atoms with Crippen LogP contribution in [0.25, 0.3) is 0 Å². The Hall–Kier alpha value is -1.26. The lowest BCUT2D eigenvalue weighted by Crippen LogP contribution is -2.48. The molecule has 1 saturated carbocycles. The minimum absolute atomic E-state index is 0.123. The summed E-state index contributed by atoms with van der Waals surface area (Å²) in [6.45, 7) is 0. The summed E-state index contributed by atoms with van der Waals surface area (Å²) in [7, 11) is 3.35. The molecule has 0 radical (unpaired) electrons. The molecule has 4 nitrogen and oxygen atoms in total. The quantitative estimate of drug-likeness (QED) is 0.872. The van der Waals surface area contributed by atoms with Crippen LogP contribution in [0.3, 0.4) is 0 Å². The highest BCUT2D eigenvalue weighted by molar-refractivity contribution is 6.31. The van der Waals surface area contributed by atoms with Crippen LogP contribution >= 0.6 is 11.6 Å². The van der Waals surface area contributed by atoms with Crippen LogP contribution in [0.1, 0.15) is 36.0 Å². The Morgan fingerprint density at radius 2 is 2.10 bits per heavy atom. The molecule has 2 N–H and O–H groups in total. The van der Waals surface area contributed by atoms with Crippen molar-refractivity contribution in [3.8, 4) is 0 Å². The summed E-state index contributed by atoms with van der Waals surface area (Å²) >= 11 is 6.07. The Morgan fingerprint density at radius 1 is 1.40 bits per heavy atom. The fourth-order valence-corrected chi connectivity index (χ4v) is 3.05. The number of ether oxygens (including phenoxy) is 1. The lowest BCUT2D eigenvalue weighted by atomic mass is 9.89. The predicted molar refractivity (Wildman–Crippen MR) is 81.4 cm³/mol. The molecule has 0 spiro atoms. The highest BCUT2D eigenvalue weighted by Gasteiger charge is 2.28. The number of carbonyl (C=O) groups excluding carboxylic acids is 1. The van der Waals surface area contributed by atoms with Crippen molar-refractivity contribution in [1.82, 2.24) is 0 Å². The van der Waals surface area contributed by atoms with E-state index in [0.29, 0.717) is 10.6 Å². The van der Waals surface area contributed by atoms with E-state index in [1.807, 2.05) is 7.05 Å². The van der Waals surface area contributed by atoms with Crippen LogP contribution in [0.4, 0.5) is 5.69 Å². The number of nitrogens with two attached hydrogens (primary N) is 1. The SMILES string of the molecule is COC(=O)c1ccc(Cl)cc1N(C)[C@H]1CCCC[C@@H]1N. The molecule has 0 bridgehead atoms. The number of benzene rings is 1. The van der Waals surface area contributed by atoms with Crippen LogP contribution in [-0.2, 0) is 4.74 Å². The van der Waals surface area contributed by atoms with E-state index in [1.54, 1.807) is 18.2 Å². The van der Waals surface area contributed by atoms with Crippen LogP contribution < -0.4 is 10.6 Å². The number of rotatable bonds is 3. The zero-order valence-corrected chi connectivity index (χ0v) is 12.7. The third-order valence-electron chi connectivity index (χ3n) is 4.02. The topological polar surface area (TPSA) is 55.6 Å². The van der Waals surface area contributed by atoms with Crippen molar-refractivity contribution in [3.63, 3.8) is 0 Å². The van der Waals surface area contributed by atoms with Gasteiger partial charge in [0.1, 0.15) is 0 Å². The second-order valence-electron chi connectivity index (χ2n) is 5.28. The highest BCUT2D eigenvalue weighted by atomic mass is 35.5. The van der Waals surface area contributed by atoms with Gasteiger partial charge in [0.25, 0.3) is 0 Å². The molecule has 2 atom stereocenters. The summed E-state index contributed by atoms with van der Waals surface area (Å²) in [5.41, 5.74) is 7.53. The summed E-state index contributed by atoms with van der Waals surface area (Å²) in [5, 5.41) is 0.601. The molecule has 0 saturated heterocycles. The van der Waals surface area contributed by atoms with Crippen molar-refractivity contribution < 1.29 is 9.53 Å². The number of anilines is 1. The maximum atomic E-state index is 11.9. The number of hydrogen-bond acceptors (Lipinski definition) is 4. The molecule has 0 heterocycles. The molecule has 20 heavy (non-hydrogen) atoms. The number of halogens is 1. The van der Waals surface area contributed by atoms with Crippen LogP contribution in [0.2, 0.25) is 5.02 Å². The van der Waals surface area contributed by atoms with Crippen LogP contribution in [0, 0.1) is 0 Å². The number of esters is 1. The summed E-state index contributed by atoms with van der Waals surface area (Å²) in [4.78, 5) is 14.0. The second-order valence-corrected chi connectivity index (χ2v) is 5.72. The van der Waals surface area contributed by atoms with Crippen LogP contribution in [-0.4, -0.2) is 32.2 Å². The van der Waals surface area contributed by atoms with Gasteiger partial charge in [-0.2, -0.15) is 0 Å². The second kappa shape index (κ2) is 6.46. The summed E-state index contributed by atoms with van der Waals surface area (Å²) in [6.07, 6.45) is 4.38. The molecule has 2 rings (SSSR count). The summed E-state index contributed by atoms with van der Waals surface area (Å²) < 4.78 is 4.84. The Morgan fingerprint density at radius 3 is 2.75 bits per heavy atom. The number of nitrogens with zero attached hydrogens (tertiary/aromatic N) is 1. The molecule has 0 amide bonds. The molecule has 1 aromatic rings. The van der Waals surface area contributed by atoms with E-state index in [-0.39, 0.29) is 18.1 Å². The van der Waals surface area contributed by atoms with Gasteiger partial charge in [-0.05, 0) is 31.0 Å². The maximum Gasteiger partial charge on any atom is 0.339 e. The Bertz CT molecular complexity index is 493. The van der Waals surface area contributed by atoms with Gasteiger partial charge in [-0.25, -0.2) is 4.79 Å². The van der Waals surface area contributed by atoms with E-state index in [0.717, 1.165) is 24.9 Å². The van der Waals surface area contributed by atoms with E-state index in [4.69, 9.17) is 22.1 Å². The minimum Gasteiger partial charge on any atom is -0.465 e. The smallest absolute Gasteiger partial charge is 0.339 e. The lowest BCUT2D eigenvalue weighted by molar-refractivity contribution is 0.0601. The zero-order chi connectivity index (χ0) is 14.7. The predicted octanol–water partition coefficient (Wildman–Crippen LogP) is 2.83. The van der Waals surface area contributed by atoms with Crippen LogP contribution in [0.5, 0.6) is 0 Å². The average Bonchev–Trinajstić information content (AvgIpc) is 2.46. The van der Waals surface area contributed by atoms with Crippen molar-refractivity contribution >= 4 is 23.3 Å². The van der Waals surface area contributed by atoms with Crippen molar-refractivity contribution in [2.24, 2.45) is 5.73 Å². The first-order chi connectivity index (χ1) is 9.54. The average molecular weight is 297 g/mol. The first-order valence-corrected chi connectivity index (χ1v) is 7.28. The first-order valence-electron chi connectivity index (χ1n) is 6.91. The molecule has 0 unspecified atom stereocenters. The Balaban J connectivity index is 2.34. The molecule has 0 aromatic heterocycles. The zero-order valence-electron chi connectivity index (χ0n) is 11.9. The van der Waals surface area contributed by atoms with Crippen molar-refractivity contribution in [2.75, 3.05) is 19.1 Å². The van der Waals surface area contributed by atoms with Gasteiger partial charge in [0, 0.05) is 24.2 Å². The molecule has 1 aliphatic carbocycles. The highest BCUT2D eigenvalue weighted by Crippen LogP contribution is 2.30. The van der Waals surface area contributed by atoms with Gasteiger partial charge >= 0.3 is 5.97 Å². The van der Waals surface area contributed by atoms with Gasteiger partial charge in [0.05, 0.1) is 18.4 Å². The van der Waals surface area contributed by atoms with Gasteiger partial charge in [0.15, 0.2) is 0 Å². The minimum atomic E-state index is -0.354. The maximum absolute atomic E-state index is 11.9.